The van der Waals surface area contributed by atoms with Gasteiger partial charge in [0.25, 0.3) is 0 Å². The zero-order valence-electron chi connectivity index (χ0n) is 8.61. The molecule has 0 bridgehead atoms. The predicted molar refractivity (Wildman–Crippen MR) is 62.2 cm³/mol. The molecule has 0 spiro atoms. The molecule has 1 aromatic heterocycles. The quantitative estimate of drug-likeness (QED) is 0.772. The van der Waals surface area contributed by atoms with Gasteiger partial charge in [0.1, 0.15) is 17.4 Å². The Hall–Kier alpha value is -1.08. The number of halogens is 1. The second-order valence-electron chi connectivity index (χ2n) is 3.07. The van der Waals surface area contributed by atoms with Gasteiger partial charge in [0, 0.05) is 11.5 Å². The molecule has 0 aliphatic rings. The van der Waals surface area contributed by atoms with Crippen LogP contribution in [-0.2, 0) is 0 Å². The van der Waals surface area contributed by atoms with Crippen LogP contribution in [0.25, 0.3) is 0 Å². The van der Waals surface area contributed by atoms with E-state index in [0.717, 1.165) is 6.42 Å². The van der Waals surface area contributed by atoms with Crippen LogP contribution in [0.5, 0.6) is 5.75 Å². The molecule has 0 saturated carbocycles. The van der Waals surface area contributed by atoms with Crippen LogP contribution < -0.4 is 4.74 Å². The summed E-state index contributed by atoms with van der Waals surface area (Å²) in [6.45, 7) is 2.70. The van der Waals surface area contributed by atoms with Crippen molar-refractivity contribution in [2.75, 3.05) is 11.9 Å². The van der Waals surface area contributed by atoms with Crippen LogP contribution in [-0.4, -0.2) is 16.9 Å². The standard InChI is InChI=1S/C11H13BrN2O/c1-2-6-15-10-4-3-5-14-11(10)9(7-12)8-13/h3-5,9H,2,6-7H2,1H3. The number of hydrogen-bond donors (Lipinski definition) is 0. The van der Waals surface area contributed by atoms with Gasteiger partial charge in [0.15, 0.2) is 0 Å². The zero-order valence-corrected chi connectivity index (χ0v) is 10.2. The summed E-state index contributed by atoms with van der Waals surface area (Å²) in [5.41, 5.74) is 0.713. The number of hydrogen-bond acceptors (Lipinski definition) is 3. The highest BCUT2D eigenvalue weighted by Gasteiger charge is 2.15. The Kier molecular flexibility index (Phi) is 5.13. The number of nitriles is 1. The van der Waals surface area contributed by atoms with Crippen molar-refractivity contribution in [2.45, 2.75) is 19.3 Å². The third kappa shape index (κ3) is 3.21. The molecule has 0 N–H and O–H groups in total. The number of aromatic nitrogens is 1. The van der Waals surface area contributed by atoms with Crippen LogP contribution in [0.15, 0.2) is 18.3 Å². The van der Waals surface area contributed by atoms with Gasteiger partial charge < -0.3 is 4.74 Å². The molecule has 4 heteroatoms. The monoisotopic (exact) mass is 268 g/mol. The summed E-state index contributed by atoms with van der Waals surface area (Å²) in [4.78, 5) is 4.20. The maximum absolute atomic E-state index is 8.95. The van der Waals surface area contributed by atoms with E-state index < -0.39 is 0 Å². The maximum atomic E-state index is 8.95. The lowest BCUT2D eigenvalue weighted by atomic mass is 10.1. The fraction of sp³-hybridized carbons (Fsp3) is 0.455. The van der Waals surface area contributed by atoms with Gasteiger partial charge in [0.05, 0.1) is 12.7 Å². The van der Waals surface area contributed by atoms with E-state index in [1.807, 2.05) is 19.1 Å². The van der Waals surface area contributed by atoms with Crippen LogP contribution in [0.1, 0.15) is 25.0 Å². The average Bonchev–Trinajstić information content (AvgIpc) is 2.29. The smallest absolute Gasteiger partial charge is 0.142 e. The molecule has 1 atom stereocenters. The third-order valence-corrected chi connectivity index (χ3v) is 2.55. The highest BCUT2D eigenvalue weighted by molar-refractivity contribution is 9.09. The highest BCUT2D eigenvalue weighted by Crippen LogP contribution is 2.25. The van der Waals surface area contributed by atoms with E-state index in [2.05, 4.69) is 27.0 Å². The van der Waals surface area contributed by atoms with Gasteiger partial charge in [0.2, 0.25) is 0 Å². The van der Waals surface area contributed by atoms with Gasteiger partial charge in [-0.2, -0.15) is 5.26 Å². The fourth-order valence-electron chi connectivity index (χ4n) is 1.17. The van der Waals surface area contributed by atoms with Crippen molar-refractivity contribution in [1.29, 1.82) is 5.26 Å². The number of nitrogens with zero attached hydrogens (tertiary/aromatic N) is 2. The second-order valence-corrected chi connectivity index (χ2v) is 3.72. The van der Waals surface area contributed by atoms with Crippen LogP contribution in [0.4, 0.5) is 0 Å². The summed E-state index contributed by atoms with van der Waals surface area (Å²) >= 11 is 3.30. The van der Waals surface area contributed by atoms with E-state index in [0.29, 0.717) is 23.4 Å². The minimum atomic E-state index is -0.252. The van der Waals surface area contributed by atoms with Gasteiger partial charge in [-0.3, -0.25) is 4.98 Å². The molecule has 0 aliphatic carbocycles. The van der Waals surface area contributed by atoms with Crippen molar-refractivity contribution in [3.8, 4) is 11.8 Å². The van der Waals surface area contributed by atoms with E-state index >= 15 is 0 Å². The first kappa shape index (κ1) is 12.0. The minimum absolute atomic E-state index is 0.252. The zero-order chi connectivity index (χ0) is 11.1. The summed E-state index contributed by atoms with van der Waals surface area (Å²) in [6.07, 6.45) is 2.63. The van der Waals surface area contributed by atoms with Gasteiger partial charge in [-0.25, -0.2) is 0 Å². The molecule has 1 heterocycles. The van der Waals surface area contributed by atoms with Crippen molar-refractivity contribution in [3.05, 3.63) is 24.0 Å². The van der Waals surface area contributed by atoms with E-state index in [9.17, 15) is 0 Å². The van der Waals surface area contributed by atoms with E-state index in [4.69, 9.17) is 10.00 Å². The highest BCUT2D eigenvalue weighted by atomic mass is 79.9. The molecule has 1 aromatic rings. The van der Waals surface area contributed by atoms with Crippen LogP contribution in [0, 0.1) is 11.3 Å². The van der Waals surface area contributed by atoms with E-state index in [-0.39, 0.29) is 5.92 Å². The molecule has 0 saturated heterocycles. The summed E-state index contributed by atoms with van der Waals surface area (Å²) < 4.78 is 5.54. The van der Waals surface area contributed by atoms with Crippen molar-refractivity contribution in [3.63, 3.8) is 0 Å². The van der Waals surface area contributed by atoms with E-state index in [1.165, 1.54) is 0 Å². The molecule has 3 nitrogen and oxygen atoms in total. The molecule has 0 fully saturated rings. The van der Waals surface area contributed by atoms with Gasteiger partial charge in [-0.1, -0.05) is 22.9 Å². The minimum Gasteiger partial charge on any atom is -0.492 e. The summed E-state index contributed by atoms with van der Waals surface area (Å²) in [5.74, 6) is 0.461. The lowest BCUT2D eigenvalue weighted by Gasteiger charge is -2.11. The molecule has 1 rings (SSSR count). The normalized spacial score (nSPS) is 11.8. The number of pyridine rings is 1. The first-order valence-corrected chi connectivity index (χ1v) is 5.98. The molecule has 80 valence electrons. The SMILES string of the molecule is CCCOc1cccnc1C(C#N)CBr. The Bertz CT molecular complexity index is 349. The molecular formula is C11H13BrN2O. The summed E-state index contributed by atoms with van der Waals surface area (Å²) in [6, 6.07) is 5.86. The fourth-order valence-corrected chi connectivity index (χ4v) is 1.62. The summed E-state index contributed by atoms with van der Waals surface area (Å²) in [7, 11) is 0. The molecule has 15 heavy (non-hydrogen) atoms. The Balaban J connectivity index is 2.90. The van der Waals surface area contributed by atoms with E-state index in [1.54, 1.807) is 6.20 Å². The molecule has 0 amide bonds. The number of alkyl halides is 1. The lowest BCUT2D eigenvalue weighted by molar-refractivity contribution is 0.312. The Morgan fingerprint density at radius 1 is 1.67 bits per heavy atom. The van der Waals surface area contributed by atoms with Gasteiger partial charge in [-0.15, -0.1) is 0 Å². The van der Waals surface area contributed by atoms with Crippen LogP contribution in [0.2, 0.25) is 0 Å². The van der Waals surface area contributed by atoms with Crippen molar-refractivity contribution < 1.29 is 4.74 Å². The largest absolute Gasteiger partial charge is 0.492 e. The Labute approximate surface area is 98.2 Å². The Morgan fingerprint density at radius 2 is 2.47 bits per heavy atom. The first-order chi connectivity index (χ1) is 7.33. The van der Waals surface area contributed by atoms with Crippen molar-refractivity contribution in [2.24, 2.45) is 0 Å². The molecular weight excluding hydrogens is 256 g/mol. The number of rotatable bonds is 5. The molecule has 0 aromatic carbocycles. The Morgan fingerprint density at radius 3 is 3.07 bits per heavy atom. The topological polar surface area (TPSA) is 45.9 Å². The van der Waals surface area contributed by atoms with Crippen molar-refractivity contribution in [1.82, 2.24) is 4.98 Å². The lowest BCUT2D eigenvalue weighted by Crippen LogP contribution is -2.05. The second kappa shape index (κ2) is 6.41. The number of ether oxygens (including phenoxy) is 1. The molecule has 0 radical (unpaired) electrons. The average molecular weight is 269 g/mol. The van der Waals surface area contributed by atoms with Gasteiger partial charge >= 0.3 is 0 Å². The third-order valence-electron chi connectivity index (χ3n) is 1.90. The maximum Gasteiger partial charge on any atom is 0.142 e. The van der Waals surface area contributed by atoms with Crippen molar-refractivity contribution >= 4 is 15.9 Å². The molecule has 0 aliphatic heterocycles. The van der Waals surface area contributed by atoms with Crippen LogP contribution >= 0.6 is 15.9 Å². The summed E-state index contributed by atoms with van der Waals surface area (Å²) in [5, 5.41) is 9.53. The van der Waals surface area contributed by atoms with Gasteiger partial charge in [-0.05, 0) is 18.6 Å². The van der Waals surface area contributed by atoms with Crippen LogP contribution in [0.3, 0.4) is 0 Å². The first-order valence-electron chi connectivity index (χ1n) is 4.86. The molecule has 1 unspecified atom stereocenters. The predicted octanol–water partition coefficient (Wildman–Crippen LogP) is 2.87.